The molecule has 0 saturated carbocycles. The molecule has 1 N–H and O–H groups in total. The second-order valence-electron chi connectivity index (χ2n) is 3.96. The fourth-order valence-electron chi connectivity index (χ4n) is 2.02. The number of nitrogens with zero attached hydrogens (tertiary/aromatic N) is 1. The third-order valence-electron chi connectivity index (χ3n) is 2.97. The lowest BCUT2D eigenvalue weighted by Gasteiger charge is -2.11. The Balaban J connectivity index is 2.57. The summed E-state index contributed by atoms with van der Waals surface area (Å²) in [6.45, 7) is 4.24. The van der Waals surface area contributed by atoms with Gasteiger partial charge in [-0.3, -0.25) is 4.79 Å². The predicted molar refractivity (Wildman–Crippen MR) is 60.1 cm³/mol. The number of carbonyl (C=O) groups excluding carboxylic acids is 2. The van der Waals surface area contributed by atoms with E-state index in [1.807, 2.05) is 19.9 Å². The summed E-state index contributed by atoms with van der Waals surface area (Å²) in [5, 5.41) is 2.81. The van der Waals surface area contributed by atoms with E-state index < -0.39 is 0 Å². The quantitative estimate of drug-likeness (QED) is 0.603. The van der Waals surface area contributed by atoms with E-state index >= 15 is 0 Å². The topological polar surface area (TPSA) is 58.5 Å². The molecule has 4 heteroatoms. The van der Waals surface area contributed by atoms with Gasteiger partial charge in [0.05, 0.1) is 13.0 Å². The Morgan fingerprint density at radius 3 is 2.94 bits per heavy atom. The third kappa shape index (κ3) is 1.64. The number of aliphatic imine (C=N–C) groups is 1. The van der Waals surface area contributed by atoms with Gasteiger partial charge < -0.3 is 5.32 Å². The van der Waals surface area contributed by atoms with Crippen LogP contribution in [-0.2, 0) is 22.6 Å². The lowest BCUT2D eigenvalue weighted by molar-refractivity contribution is -0.115. The smallest absolute Gasteiger partial charge is 0.235 e. The van der Waals surface area contributed by atoms with E-state index in [0.717, 1.165) is 27.9 Å². The van der Waals surface area contributed by atoms with Crippen molar-refractivity contribution >= 4 is 17.7 Å². The molecule has 0 saturated heterocycles. The zero-order chi connectivity index (χ0) is 11.7. The van der Waals surface area contributed by atoms with Crippen LogP contribution >= 0.6 is 0 Å². The summed E-state index contributed by atoms with van der Waals surface area (Å²) in [5.41, 5.74) is 4.92. The van der Waals surface area contributed by atoms with Gasteiger partial charge >= 0.3 is 0 Å². The molecule has 4 nitrogen and oxygen atoms in total. The van der Waals surface area contributed by atoms with E-state index in [1.165, 1.54) is 6.08 Å². The highest BCUT2D eigenvalue weighted by Gasteiger charge is 2.22. The van der Waals surface area contributed by atoms with Crippen molar-refractivity contribution in [3.63, 3.8) is 0 Å². The minimum atomic E-state index is -0.00340. The third-order valence-corrected chi connectivity index (χ3v) is 2.97. The number of carbonyl (C=O) groups is 1. The van der Waals surface area contributed by atoms with Crippen LogP contribution in [0.5, 0.6) is 0 Å². The Bertz CT molecular complexity index is 514. The second-order valence-corrected chi connectivity index (χ2v) is 3.96. The van der Waals surface area contributed by atoms with Crippen LogP contribution in [0.2, 0.25) is 0 Å². The monoisotopic (exact) mass is 216 g/mol. The molecule has 0 atom stereocenters. The maximum Gasteiger partial charge on any atom is 0.235 e. The van der Waals surface area contributed by atoms with E-state index in [9.17, 15) is 9.59 Å². The molecule has 1 aliphatic heterocycles. The number of anilines is 1. The molecular formula is C12H12N2O2. The summed E-state index contributed by atoms with van der Waals surface area (Å²) in [6.07, 6.45) is 1.94. The molecule has 0 aromatic heterocycles. The first-order chi connectivity index (χ1) is 7.63. The normalized spacial score (nSPS) is 13.0. The predicted octanol–water partition coefficient (Wildman–Crippen LogP) is 1.63. The molecule has 0 aliphatic carbocycles. The van der Waals surface area contributed by atoms with Gasteiger partial charge in [0.25, 0.3) is 0 Å². The zero-order valence-corrected chi connectivity index (χ0v) is 9.26. The summed E-state index contributed by atoms with van der Waals surface area (Å²) >= 11 is 0. The number of isocyanates is 1. The average molecular weight is 216 g/mol. The van der Waals surface area contributed by atoms with E-state index in [-0.39, 0.29) is 12.5 Å². The lowest BCUT2D eigenvalue weighted by atomic mass is 9.97. The summed E-state index contributed by atoms with van der Waals surface area (Å²) in [5.74, 6) is -0.00340. The van der Waals surface area contributed by atoms with Crippen LogP contribution in [0, 0.1) is 13.8 Å². The summed E-state index contributed by atoms with van der Waals surface area (Å²) in [7, 11) is 0. The standard InChI is InChI=1S/C12H12N2O2/c1-7-3-9-4-11(16)14-12(9)10(8(7)2)5-13-6-15/h3H,4-5H2,1-2H3,(H,14,16). The molecule has 16 heavy (non-hydrogen) atoms. The van der Waals surface area contributed by atoms with E-state index in [2.05, 4.69) is 10.3 Å². The minimum absolute atomic E-state index is 0.00340. The van der Waals surface area contributed by atoms with Gasteiger partial charge in [0.1, 0.15) is 0 Å². The van der Waals surface area contributed by atoms with Gasteiger partial charge in [0.15, 0.2) is 0 Å². The van der Waals surface area contributed by atoms with Crippen LogP contribution in [0.3, 0.4) is 0 Å². The largest absolute Gasteiger partial charge is 0.325 e. The average Bonchev–Trinajstić information content (AvgIpc) is 2.59. The molecule has 0 bridgehead atoms. The first-order valence-corrected chi connectivity index (χ1v) is 5.09. The number of hydrogen-bond acceptors (Lipinski definition) is 3. The second kappa shape index (κ2) is 3.91. The van der Waals surface area contributed by atoms with Crippen LogP contribution in [0.15, 0.2) is 11.1 Å². The maximum absolute atomic E-state index is 11.3. The molecule has 82 valence electrons. The first kappa shape index (κ1) is 10.6. The van der Waals surface area contributed by atoms with Crippen LogP contribution in [0.1, 0.15) is 22.3 Å². The molecule has 1 heterocycles. The molecule has 1 amide bonds. The molecule has 1 aromatic carbocycles. The Hall–Kier alpha value is -1.93. The summed E-state index contributed by atoms with van der Waals surface area (Å²) in [6, 6.07) is 2.01. The number of fused-ring (bicyclic) bond motifs is 1. The maximum atomic E-state index is 11.3. The minimum Gasteiger partial charge on any atom is -0.325 e. The fraction of sp³-hybridized carbons (Fsp3) is 0.333. The molecule has 0 radical (unpaired) electrons. The van der Waals surface area contributed by atoms with Crippen molar-refractivity contribution in [3.05, 3.63) is 28.3 Å². The van der Waals surface area contributed by atoms with Gasteiger partial charge in [-0.2, -0.15) is 0 Å². The van der Waals surface area contributed by atoms with Crippen molar-refractivity contribution in [2.75, 3.05) is 5.32 Å². The van der Waals surface area contributed by atoms with Gasteiger partial charge in [-0.05, 0) is 30.5 Å². The molecule has 1 aromatic rings. The van der Waals surface area contributed by atoms with Crippen LogP contribution in [0.4, 0.5) is 5.69 Å². The Labute approximate surface area is 93.4 Å². The number of nitrogens with one attached hydrogen (secondary N) is 1. The highest BCUT2D eigenvalue weighted by molar-refractivity contribution is 6.00. The van der Waals surface area contributed by atoms with Gasteiger partial charge in [-0.25, -0.2) is 9.79 Å². The fourth-order valence-corrected chi connectivity index (χ4v) is 2.02. The Kier molecular flexibility index (Phi) is 2.59. The number of amides is 1. The van der Waals surface area contributed by atoms with Crippen molar-refractivity contribution < 1.29 is 9.59 Å². The van der Waals surface area contributed by atoms with Gasteiger partial charge in [0.2, 0.25) is 12.0 Å². The van der Waals surface area contributed by atoms with E-state index in [4.69, 9.17) is 0 Å². The molecular weight excluding hydrogens is 204 g/mol. The highest BCUT2D eigenvalue weighted by atomic mass is 16.1. The Morgan fingerprint density at radius 1 is 1.50 bits per heavy atom. The summed E-state index contributed by atoms with van der Waals surface area (Å²) in [4.78, 5) is 25.1. The number of hydrogen-bond donors (Lipinski definition) is 1. The molecule has 0 fully saturated rings. The van der Waals surface area contributed by atoms with Crippen LogP contribution < -0.4 is 5.32 Å². The van der Waals surface area contributed by atoms with Crippen LogP contribution in [0.25, 0.3) is 0 Å². The molecule has 1 aliphatic rings. The number of benzene rings is 1. The van der Waals surface area contributed by atoms with Crippen molar-refractivity contribution in [2.24, 2.45) is 4.99 Å². The van der Waals surface area contributed by atoms with Crippen LogP contribution in [-0.4, -0.2) is 12.0 Å². The van der Waals surface area contributed by atoms with Crippen molar-refractivity contribution in [3.8, 4) is 0 Å². The molecule has 2 rings (SSSR count). The number of aryl methyl sites for hydroxylation is 1. The van der Waals surface area contributed by atoms with E-state index in [1.54, 1.807) is 0 Å². The Morgan fingerprint density at radius 2 is 2.25 bits per heavy atom. The van der Waals surface area contributed by atoms with Crippen molar-refractivity contribution in [1.29, 1.82) is 0 Å². The summed E-state index contributed by atoms with van der Waals surface area (Å²) < 4.78 is 0. The van der Waals surface area contributed by atoms with Gasteiger partial charge in [-0.15, -0.1) is 0 Å². The van der Waals surface area contributed by atoms with Gasteiger partial charge in [0, 0.05) is 11.3 Å². The highest BCUT2D eigenvalue weighted by Crippen LogP contribution is 2.32. The zero-order valence-electron chi connectivity index (χ0n) is 9.26. The SMILES string of the molecule is Cc1cc2c(c(CN=C=O)c1C)NC(=O)C2. The van der Waals surface area contributed by atoms with E-state index in [0.29, 0.717) is 6.42 Å². The molecule has 0 unspecified atom stereocenters. The lowest BCUT2D eigenvalue weighted by Crippen LogP contribution is -2.05. The first-order valence-electron chi connectivity index (χ1n) is 5.09. The van der Waals surface area contributed by atoms with Crippen molar-refractivity contribution in [2.45, 2.75) is 26.8 Å². The van der Waals surface area contributed by atoms with Gasteiger partial charge in [-0.1, -0.05) is 6.07 Å². The number of rotatable bonds is 2. The van der Waals surface area contributed by atoms with Crippen molar-refractivity contribution in [1.82, 2.24) is 0 Å². The molecule has 0 spiro atoms.